The first-order chi connectivity index (χ1) is 7.79. The molecule has 0 saturated carbocycles. The first-order valence-corrected chi connectivity index (χ1v) is 5.43. The first-order valence-electron chi connectivity index (χ1n) is 5.43. The van der Waals surface area contributed by atoms with E-state index in [1.807, 2.05) is 0 Å². The zero-order chi connectivity index (χ0) is 11.4. The van der Waals surface area contributed by atoms with Crippen molar-refractivity contribution in [2.45, 2.75) is 13.5 Å². The number of benzene rings is 2. The van der Waals surface area contributed by atoms with Gasteiger partial charge in [0.15, 0.2) is 0 Å². The van der Waals surface area contributed by atoms with E-state index in [1.165, 1.54) is 21.9 Å². The number of nitrogens with two attached hydrogens (primary N) is 1. The van der Waals surface area contributed by atoms with Crippen LogP contribution >= 0.6 is 0 Å². The third-order valence-corrected chi connectivity index (χ3v) is 2.62. The monoisotopic (exact) mass is 215 g/mol. The van der Waals surface area contributed by atoms with Crippen molar-refractivity contribution < 1.29 is 0 Å². The lowest BCUT2D eigenvalue weighted by Crippen LogP contribution is -2.33. The Morgan fingerprint density at radius 3 is 2.62 bits per heavy atom. The Hall–Kier alpha value is -1.42. The summed E-state index contributed by atoms with van der Waals surface area (Å²) in [6, 6.07) is 13.0. The highest BCUT2D eigenvalue weighted by Gasteiger charge is 1.96. The summed E-state index contributed by atoms with van der Waals surface area (Å²) in [7, 11) is 0. The Bertz CT molecular complexity index is 480. The number of nitrogens with one attached hydrogen (secondary N) is 2. The number of hydrogen-bond donors (Lipinski definition) is 3. The molecule has 3 heteroatoms. The summed E-state index contributed by atoms with van der Waals surface area (Å²) >= 11 is 0. The molecule has 0 spiro atoms. The molecule has 0 aromatic heterocycles. The quantitative estimate of drug-likeness (QED) is 0.315. The molecular weight excluding hydrogens is 198 g/mol. The van der Waals surface area contributed by atoms with E-state index in [1.54, 1.807) is 0 Å². The summed E-state index contributed by atoms with van der Waals surface area (Å²) in [6.45, 7) is 3.56. The fraction of sp³-hybridized carbons (Fsp3) is 0.231. The fourth-order valence-electron chi connectivity index (χ4n) is 1.80. The van der Waals surface area contributed by atoms with Crippen LogP contribution in [0.2, 0.25) is 0 Å². The Morgan fingerprint density at radius 2 is 1.81 bits per heavy atom. The number of rotatable bonds is 4. The summed E-state index contributed by atoms with van der Waals surface area (Å²) in [5.74, 6) is 5.19. The molecule has 0 saturated heterocycles. The Kier molecular flexibility index (Phi) is 3.51. The summed E-state index contributed by atoms with van der Waals surface area (Å²) in [6.07, 6.45) is 0. The van der Waals surface area contributed by atoms with Crippen molar-refractivity contribution in [1.29, 1.82) is 0 Å². The molecule has 4 N–H and O–H groups in total. The maximum atomic E-state index is 5.19. The fourth-order valence-corrected chi connectivity index (χ4v) is 1.80. The van der Waals surface area contributed by atoms with Crippen molar-refractivity contribution in [2.24, 2.45) is 5.84 Å². The first kappa shape index (κ1) is 11.1. The van der Waals surface area contributed by atoms with Gasteiger partial charge in [0.1, 0.15) is 0 Å². The summed E-state index contributed by atoms with van der Waals surface area (Å²) in [5, 5.41) is 5.77. The highest BCUT2D eigenvalue weighted by atomic mass is 15.3. The molecule has 0 atom stereocenters. The molecule has 0 aliphatic carbocycles. The summed E-state index contributed by atoms with van der Waals surface area (Å²) in [4.78, 5) is 0. The maximum absolute atomic E-state index is 5.19. The third-order valence-electron chi connectivity index (χ3n) is 2.62. The van der Waals surface area contributed by atoms with Crippen molar-refractivity contribution >= 4 is 10.8 Å². The predicted molar refractivity (Wildman–Crippen MR) is 67.7 cm³/mol. The van der Waals surface area contributed by atoms with Gasteiger partial charge < -0.3 is 0 Å². The number of fused-ring (bicyclic) bond motifs is 1. The molecule has 2 rings (SSSR count). The average molecular weight is 215 g/mol. The van der Waals surface area contributed by atoms with Crippen LogP contribution in [-0.2, 0) is 6.54 Å². The normalized spacial score (nSPS) is 10.9. The highest BCUT2D eigenvalue weighted by Crippen LogP contribution is 2.17. The molecule has 0 bridgehead atoms. The van der Waals surface area contributed by atoms with Crippen molar-refractivity contribution in [3.8, 4) is 0 Å². The molecule has 3 nitrogen and oxygen atoms in total. The van der Waals surface area contributed by atoms with E-state index in [0.717, 1.165) is 6.54 Å². The van der Waals surface area contributed by atoms with Gasteiger partial charge in [0.05, 0.1) is 6.67 Å². The molecule has 0 heterocycles. The van der Waals surface area contributed by atoms with Crippen LogP contribution in [0.4, 0.5) is 0 Å². The van der Waals surface area contributed by atoms with Gasteiger partial charge in [-0.1, -0.05) is 35.9 Å². The van der Waals surface area contributed by atoms with Crippen LogP contribution in [0.5, 0.6) is 0 Å². The zero-order valence-corrected chi connectivity index (χ0v) is 9.46. The smallest absolute Gasteiger partial charge is 0.0590 e. The van der Waals surface area contributed by atoms with Crippen LogP contribution in [0, 0.1) is 6.92 Å². The molecule has 0 amide bonds. The standard InChI is InChI=1S/C13H17N3/c1-10-2-4-13-7-11(8-15-9-16-14)3-5-12(13)6-10/h2-7,15-16H,8-9,14H2,1H3. The van der Waals surface area contributed by atoms with Crippen molar-refractivity contribution in [3.63, 3.8) is 0 Å². The van der Waals surface area contributed by atoms with E-state index in [-0.39, 0.29) is 0 Å². The molecular formula is C13H17N3. The Labute approximate surface area is 95.6 Å². The van der Waals surface area contributed by atoms with Gasteiger partial charge in [-0.15, -0.1) is 0 Å². The molecule has 0 unspecified atom stereocenters. The maximum Gasteiger partial charge on any atom is 0.0590 e. The lowest BCUT2D eigenvalue weighted by atomic mass is 10.0. The van der Waals surface area contributed by atoms with Crippen LogP contribution in [0.1, 0.15) is 11.1 Å². The van der Waals surface area contributed by atoms with Crippen LogP contribution in [0.3, 0.4) is 0 Å². The second-order valence-corrected chi connectivity index (χ2v) is 3.99. The van der Waals surface area contributed by atoms with Gasteiger partial charge in [-0.2, -0.15) is 0 Å². The van der Waals surface area contributed by atoms with Crippen LogP contribution in [0.15, 0.2) is 36.4 Å². The van der Waals surface area contributed by atoms with E-state index < -0.39 is 0 Å². The average Bonchev–Trinajstić information content (AvgIpc) is 2.29. The van der Waals surface area contributed by atoms with Crippen LogP contribution in [0.25, 0.3) is 10.8 Å². The number of hydrazine groups is 1. The largest absolute Gasteiger partial charge is 0.299 e. The minimum Gasteiger partial charge on any atom is -0.299 e. The number of aryl methyl sites for hydroxylation is 1. The molecule has 0 fully saturated rings. The minimum atomic E-state index is 0.617. The minimum absolute atomic E-state index is 0.617. The van der Waals surface area contributed by atoms with Gasteiger partial charge in [0.25, 0.3) is 0 Å². The molecule has 0 radical (unpaired) electrons. The molecule has 16 heavy (non-hydrogen) atoms. The van der Waals surface area contributed by atoms with Crippen LogP contribution < -0.4 is 16.6 Å². The number of hydrogen-bond acceptors (Lipinski definition) is 3. The van der Waals surface area contributed by atoms with Gasteiger partial charge in [-0.3, -0.25) is 11.2 Å². The van der Waals surface area contributed by atoms with Gasteiger partial charge in [-0.05, 0) is 29.3 Å². The van der Waals surface area contributed by atoms with E-state index in [0.29, 0.717) is 6.67 Å². The lowest BCUT2D eigenvalue weighted by molar-refractivity contribution is 0.601. The highest BCUT2D eigenvalue weighted by molar-refractivity contribution is 5.83. The van der Waals surface area contributed by atoms with Crippen LogP contribution in [-0.4, -0.2) is 6.67 Å². The predicted octanol–water partition coefficient (Wildman–Crippen LogP) is 1.66. The second kappa shape index (κ2) is 5.07. The zero-order valence-electron chi connectivity index (χ0n) is 9.46. The molecule has 0 aliphatic heterocycles. The van der Waals surface area contributed by atoms with Gasteiger partial charge in [0.2, 0.25) is 0 Å². The Balaban J connectivity index is 2.20. The van der Waals surface area contributed by atoms with Gasteiger partial charge in [-0.25, -0.2) is 5.43 Å². The molecule has 84 valence electrons. The topological polar surface area (TPSA) is 50.1 Å². The van der Waals surface area contributed by atoms with Gasteiger partial charge in [0, 0.05) is 6.54 Å². The molecule has 2 aromatic rings. The van der Waals surface area contributed by atoms with E-state index >= 15 is 0 Å². The summed E-state index contributed by atoms with van der Waals surface area (Å²) < 4.78 is 0. The van der Waals surface area contributed by atoms with Crippen molar-refractivity contribution in [3.05, 3.63) is 47.5 Å². The van der Waals surface area contributed by atoms with E-state index in [4.69, 9.17) is 5.84 Å². The van der Waals surface area contributed by atoms with E-state index in [2.05, 4.69) is 54.1 Å². The van der Waals surface area contributed by atoms with Crippen molar-refractivity contribution in [2.75, 3.05) is 6.67 Å². The lowest BCUT2D eigenvalue weighted by Gasteiger charge is -2.06. The van der Waals surface area contributed by atoms with Gasteiger partial charge >= 0.3 is 0 Å². The summed E-state index contributed by atoms with van der Waals surface area (Å²) in [5.41, 5.74) is 5.14. The van der Waals surface area contributed by atoms with Crippen molar-refractivity contribution in [1.82, 2.24) is 10.7 Å². The van der Waals surface area contributed by atoms with E-state index in [9.17, 15) is 0 Å². The third kappa shape index (κ3) is 2.58. The molecule has 0 aliphatic rings. The molecule has 2 aromatic carbocycles. The Morgan fingerprint density at radius 1 is 1.06 bits per heavy atom. The SMILES string of the molecule is Cc1ccc2cc(CNCNN)ccc2c1. The second-order valence-electron chi connectivity index (χ2n) is 3.99.